The first-order valence-corrected chi connectivity index (χ1v) is 18.9. The van der Waals surface area contributed by atoms with E-state index in [4.69, 9.17) is 2.74 Å². The lowest BCUT2D eigenvalue weighted by Crippen LogP contribution is -2.16. The van der Waals surface area contributed by atoms with E-state index in [1.54, 1.807) is 18.2 Å². The maximum atomic E-state index is 9.80. The molecule has 0 fully saturated rings. The lowest BCUT2D eigenvalue weighted by molar-refractivity contribution is 0.662. The Hall–Kier alpha value is -6.96. The molecule has 0 aliphatic heterocycles. The second-order valence-corrected chi connectivity index (χ2v) is 14.7. The number of hydrogen-bond donors (Lipinski definition) is 0. The van der Waals surface area contributed by atoms with E-state index in [1.165, 1.54) is 4.90 Å². The SMILES string of the molecule is [2H]c1c([2H])c(-c2ccc3ccccc3c2)c([2H])c(N(c2ccc(-c3ccc(-c4ccccc4)cc3)cc2)c2c([2H])c([2H])c(-c3cccc4c3C(C)(C)c3ccccc3-4)c([2H])c2[2H])c1[2H]. The van der Waals surface area contributed by atoms with Crippen molar-refractivity contribution in [3.8, 4) is 55.6 Å². The third-order valence-corrected chi connectivity index (χ3v) is 11.0. The minimum Gasteiger partial charge on any atom is -0.310 e. The predicted octanol–water partition coefficient (Wildman–Crippen LogP) is 15.3. The Balaban J connectivity index is 1.18. The van der Waals surface area contributed by atoms with Gasteiger partial charge in [0, 0.05) is 22.5 Å². The second kappa shape index (κ2) is 13.7. The highest BCUT2D eigenvalue weighted by atomic mass is 15.1. The van der Waals surface area contributed by atoms with Crippen LogP contribution in [0.4, 0.5) is 17.1 Å². The Labute approximate surface area is 341 Å². The van der Waals surface area contributed by atoms with E-state index >= 15 is 0 Å². The molecule has 0 saturated carbocycles. The third-order valence-electron chi connectivity index (χ3n) is 11.0. The van der Waals surface area contributed by atoms with E-state index in [0.717, 1.165) is 55.3 Å². The molecule has 1 aliphatic rings. The molecule has 1 heteroatoms. The van der Waals surface area contributed by atoms with Gasteiger partial charge in [0.2, 0.25) is 0 Å². The first-order valence-electron chi connectivity index (χ1n) is 22.9. The van der Waals surface area contributed by atoms with Gasteiger partial charge in [0.05, 0.1) is 11.0 Å². The Morgan fingerprint density at radius 3 is 1.73 bits per heavy atom. The average molecular weight is 724 g/mol. The molecular weight excluding hydrogens is 675 g/mol. The van der Waals surface area contributed by atoms with Crippen LogP contribution < -0.4 is 4.90 Å². The highest BCUT2D eigenvalue weighted by molar-refractivity contribution is 5.90. The van der Waals surface area contributed by atoms with Crippen LogP contribution in [0.5, 0.6) is 0 Å². The van der Waals surface area contributed by atoms with E-state index in [-0.39, 0.29) is 58.8 Å². The Morgan fingerprint density at radius 1 is 0.393 bits per heavy atom. The molecular formula is C55H41N. The van der Waals surface area contributed by atoms with E-state index in [2.05, 4.69) is 50.2 Å². The molecule has 1 nitrogen and oxygen atoms in total. The van der Waals surface area contributed by atoms with E-state index in [9.17, 15) is 8.22 Å². The molecule has 0 saturated heterocycles. The molecule has 1 aliphatic carbocycles. The van der Waals surface area contributed by atoms with Gasteiger partial charge >= 0.3 is 0 Å². The van der Waals surface area contributed by atoms with Crippen LogP contribution in [0.15, 0.2) is 212 Å². The monoisotopic (exact) mass is 723 g/mol. The standard InChI is InChI=1S/C55H41N/c1-55(2)53-21-9-8-18-51(53)52-20-11-19-50(54(52)55)43-30-34-48(35-31-43)56(49-17-10-16-45(37-49)46-27-26-39-14-6-7-15-44(39)36-46)47-32-28-42(29-33-47)41-24-22-40(23-25-41)38-12-4-3-5-13-38/h3-37H,1-2H3/i10D,16D,17D,30D,31D,34D,35D,37D. The zero-order chi connectivity index (χ0) is 44.6. The quantitative estimate of drug-likeness (QED) is 0.158. The van der Waals surface area contributed by atoms with Crippen LogP contribution in [-0.2, 0) is 5.41 Å². The van der Waals surface area contributed by atoms with Crippen molar-refractivity contribution in [3.05, 3.63) is 223 Å². The maximum absolute atomic E-state index is 9.80. The van der Waals surface area contributed by atoms with E-state index in [1.807, 2.05) is 109 Å². The molecule has 0 heterocycles. The fourth-order valence-corrected chi connectivity index (χ4v) is 8.20. The van der Waals surface area contributed by atoms with Gasteiger partial charge in [-0.25, -0.2) is 0 Å². The molecule has 0 aromatic heterocycles. The molecule has 0 amide bonds. The zero-order valence-corrected chi connectivity index (χ0v) is 31.0. The normalized spacial score (nSPS) is 14.6. The number of fused-ring (bicyclic) bond motifs is 4. The van der Waals surface area contributed by atoms with Gasteiger partial charge in [0.25, 0.3) is 0 Å². The summed E-state index contributed by atoms with van der Waals surface area (Å²) in [5.74, 6) is 0. The molecule has 0 N–H and O–H groups in total. The van der Waals surface area contributed by atoms with Gasteiger partial charge < -0.3 is 4.90 Å². The number of hydrogen-bond acceptors (Lipinski definition) is 1. The van der Waals surface area contributed by atoms with Gasteiger partial charge in [-0.05, 0) is 120 Å². The molecule has 266 valence electrons. The van der Waals surface area contributed by atoms with Crippen molar-refractivity contribution in [1.82, 2.24) is 0 Å². The minimum absolute atomic E-state index is 0.121. The van der Waals surface area contributed by atoms with Crippen LogP contribution in [-0.4, -0.2) is 0 Å². The number of nitrogens with zero attached hydrogens (tertiary/aromatic N) is 1. The largest absolute Gasteiger partial charge is 0.310 e. The number of anilines is 3. The topological polar surface area (TPSA) is 3.24 Å². The molecule has 0 atom stereocenters. The van der Waals surface area contributed by atoms with Gasteiger partial charge in [-0.3, -0.25) is 0 Å². The van der Waals surface area contributed by atoms with Crippen molar-refractivity contribution in [1.29, 1.82) is 0 Å². The fraction of sp³-hybridized carbons (Fsp3) is 0.0545. The summed E-state index contributed by atoms with van der Waals surface area (Å²) < 4.78 is 76.3. The summed E-state index contributed by atoms with van der Waals surface area (Å²) in [6, 6.07) is 50.2. The summed E-state index contributed by atoms with van der Waals surface area (Å²) in [7, 11) is 0. The summed E-state index contributed by atoms with van der Waals surface area (Å²) in [4.78, 5) is 1.41. The van der Waals surface area contributed by atoms with Crippen LogP contribution in [0.3, 0.4) is 0 Å². The summed E-state index contributed by atoms with van der Waals surface area (Å²) in [6.45, 7) is 4.23. The van der Waals surface area contributed by atoms with Crippen molar-refractivity contribution in [2.24, 2.45) is 0 Å². The zero-order valence-electron chi connectivity index (χ0n) is 39.0. The van der Waals surface area contributed by atoms with Crippen LogP contribution in [0.1, 0.15) is 35.9 Å². The highest BCUT2D eigenvalue weighted by Crippen LogP contribution is 2.52. The molecule has 0 unspecified atom stereocenters. The average Bonchev–Trinajstić information content (AvgIpc) is 3.56. The third kappa shape index (κ3) is 5.90. The van der Waals surface area contributed by atoms with Gasteiger partial charge in [0.1, 0.15) is 0 Å². The molecule has 9 aromatic rings. The first-order chi connectivity index (χ1) is 30.9. The number of rotatable bonds is 7. The van der Waals surface area contributed by atoms with Crippen molar-refractivity contribution in [3.63, 3.8) is 0 Å². The van der Waals surface area contributed by atoms with Crippen LogP contribution in [0, 0.1) is 0 Å². The van der Waals surface area contributed by atoms with Gasteiger partial charge in [-0.15, -0.1) is 0 Å². The predicted molar refractivity (Wildman–Crippen MR) is 238 cm³/mol. The Bertz CT molecular complexity index is 3300. The summed E-state index contributed by atoms with van der Waals surface area (Å²) >= 11 is 0. The maximum Gasteiger partial charge on any atom is 0.0651 e. The van der Waals surface area contributed by atoms with Crippen LogP contribution >= 0.6 is 0 Å². The molecule has 56 heavy (non-hydrogen) atoms. The minimum atomic E-state index is -0.498. The second-order valence-electron chi connectivity index (χ2n) is 14.7. The molecule has 9 aromatic carbocycles. The van der Waals surface area contributed by atoms with Crippen molar-refractivity contribution >= 4 is 27.8 Å². The molecule has 10 rings (SSSR count). The summed E-state index contributed by atoms with van der Waals surface area (Å²) in [6.07, 6.45) is 0. The fourth-order valence-electron chi connectivity index (χ4n) is 8.20. The van der Waals surface area contributed by atoms with Crippen molar-refractivity contribution in [2.75, 3.05) is 4.90 Å². The van der Waals surface area contributed by atoms with Crippen molar-refractivity contribution in [2.45, 2.75) is 19.3 Å². The molecule has 0 bridgehead atoms. The Morgan fingerprint density at radius 2 is 0.982 bits per heavy atom. The molecule has 0 spiro atoms. The number of benzene rings is 9. The lowest BCUT2D eigenvalue weighted by atomic mass is 9.79. The van der Waals surface area contributed by atoms with E-state index < -0.39 is 17.5 Å². The lowest BCUT2D eigenvalue weighted by Gasteiger charge is -2.27. The summed E-state index contributed by atoms with van der Waals surface area (Å²) in [5.41, 5.74) is 9.02. The first kappa shape index (κ1) is 26.0. The molecule has 0 radical (unpaired) electrons. The smallest absolute Gasteiger partial charge is 0.0651 e. The van der Waals surface area contributed by atoms with Crippen molar-refractivity contribution < 1.29 is 11.0 Å². The van der Waals surface area contributed by atoms with E-state index in [0.29, 0.717) is 16.8 Å². The summed E-state index contributed by atoms with van der Waals surface area (Å²) in [5, 5.41) is 1.84. The highest BCUT2D eigenvalue weighted by Gasteiger charge is 2.37. The van der Waals surface area contributed by atoms with Gasteiger partial charge in [0.15, 0.2) is 0 Å². The van der Waals surface area contributed by atoms with Gasteiger partial charge in [-0.1, -0.05) is 184 Å². The Kier molecular flexibility index (Phi) is 6.36. The van der Waals surface area contributed by atoms with Gasteiger partial charge in [-0.2, -0.15) is 0 Å². The van der Waals surface area contributed by atoms with Crippen LogP contribution in [0.25, 0.3) is 66.4 Å². The van der Waals surface area contributed by atoms with Crippen LogP contribution in [0.2, 0.25) is 0 Å².